The largest absolute Gasteiger partial charge is 0.248 e. The second-order valence-electron chi connectivity index (χ2n) is 14.1. The van der Waals surface area contributed by atoms with Gasteiger partial charge in [0.25, 0.3) is 0 Å². The number of benzene rings is 6. The Morgan fingerprint density at radius 1 is 0.214 bits per heavy atom. The van der Waals surface area contributed by atoms with Crippen molar-refractivity contribution in [2.45, 2.75) is 0 Å². The second kappa shape index (κ2) is 13.0. The fourth-order valence-electron chi connectivity index (χ4n) is 7.62. The van der Waals surface area contributed by atoms with Crippen molar-refractivity contribution >= 4 is 54.5 Å². The molecule has 0 N–H and O–H groups in total. The first kappa shape index (κ1) is 31.9. The lowest BCUT2D eigenvalue weighted by molar-refractivity contribution is 1.32. The Hall–Kier alpha value is -7.63. The first-order chi connectivity index (χ1) is 27.7. The minimum atomic E-state index is 0.849. The van der Waals surface area contributed by atoms with Crippen LogP contribution < -0.4 is 0 Å². The van der Waals surface area contributed by atoms with Gasteiger partial charge < -0.3 is 0 Å². The molecule has 0 amide bonds. The van der Waals surface area contributed by atoms with E-state index in [1.165, 1.54) is 0 Å². The monoisotopic (exact) mass is 713 g/mol. The normalized spacial score (nSPS) is 11.6. The molecule has 6 aromatic carbocycles. The molecule has 11 rings (SSSR count). The van der Waals surface area contributed by atoms with Crippen LogP contribution in [-0.2, 0) is 0 Å². The van der Waals surface area contributed by atoms with Gasteiger partial charge in [-0.3, -0.25) is 0 Å². The number of nitrogens with zero attached hydrogens (tertiary/aromatic N) is 5. The predicted molar refractivity (Wildman–Crippen MR) is 230 cm³/mol. The summed E-state index contributed by atoms with van der Waals surface area (Å²) in [7, 11) is 0. The van der Waals surface area contributed by atoms with Crippen LogP contribution in [0, 0.1) is 0 Å². The van der Waals surface area contributed by atoms with Crippen molar-refractivity contribution in [3.05, 3.63) is 188 Å². The zero-order valence-electron chi connectivity index (χ0n) is 30.1. The van der Waals surface area contributed by atoms with Crippen LogP contribution in [0.15, 0.2) is 188 Å². The van der Waals surface area contributed by atoms with Crippen LogP contribution in [-0.4, -0.2) is 24.9 Å². The third kappa shape index (κ3) is 5.70. The topological polar surface area (TPSA) is 64.5 Å². The summed E-state index contributed by atoms with van der Waals surface area (Å²) in [4.78, 5) is 25.3. The predicted octanol–water partition coefficient (Wildman–Crippen LogP) is 12.8. The Labute approximate surface area is 322 Å². The van der Waals surface area contributed by atoms with Gasteiger partial charge in [-0.15, -0.1) is 0 Å². The van der Waals surface area contributed by atoms with Crippen molar-refractivity contribution in [2.75, 3.05) is 0 Å². The number of para-hydroxylation sites is 1. The first-order valence-corrected chi connectivity index (χ1v) is 18.7. The highest BCUT2D eigenvalue weighted by atomic mass is 14.8. The van der Waals surface area contributed by atoms with Gasteiger partial charge in [0, 0.05) is 43.6 Å². The van der Waals surface area contributed by atoms with Crippen molar-refractivity contribution in [3.8, 4) is 56.3 Å². The third-order valence-electron chi connectivity index (χ3n) is 10.6. The molecule has 5 nitrogen and oxygen atoms in total. The summed E-state index contributed by atoms with van der Waals surface area (Å²) in [5, 5.41) is 5.43. The molecule has 5 heterocycles. The van der Waals surface area contributed by atoms with E-state index in [1.807, 2.05) is 48.5 Å². The minimum absolute atomic E-state index is 0.849. The summed E-state index contributed by atoms with van der Waals surface area (Å²) in [5.41, 5.74) is 14.5. The Bertz CT molecular complexity index is 3300. The van der Waals surface area contributed by atoms with Gasteiger partial charge in [-0.2, -0.15) is 0 Å². The molecule has 0 aliphatic heterocycles. The Balaban J connectivity index is 0.898. The number of rotatable bonds is 5. The molecule has 0 fully saturated rings. The van der Waals surface area contributed by atoms with E-state index in [0.717, 1.165) is 111 Å². The van der Waals surface area contributed by atoms with E-state index < -0.39 is 0 Å². The molecule has 11 aromatic rings. The van der Waals surface area contributed by atoms with E-state index >= 15 is 0 Å². The molecule has 0 aliphatic rings. The second-order valence-corrected chi connectivity index (χ2v) is 14.1. The molecule has 0 spiro atoms. The lowest BCUT2D eigenvalue weighted by Gasteiger charge is -2.10. The number of hydrogen-bond donors (Lipinski definition) is 0. The Kier molecular flexibility index (Phi) is 7.42. The van der Waals surface area contributed by atoms with Gasteiger partial charge in [-0.05, 0) is 59.7 Å². The van der Waals surface area contributed by atoms with Crippen LogP contribution in [0.4, 0.5) is 0 Å². The van der Waals surface area contributed by atoms with Crippen molar-refractivity contribution in [2.24, 2.45) is 0 Å². The minimum Gasteiger partial charge on any atom is -0.248 e. The quantitative estimate of drug-likeness (QED) is 0.166. The number of pyridine rings is 5. The van der Waals surface area contributed by atoms with E-state index in [2.05, 4.69) is 140 Å². The molecule has 0 radical (unpaired) electrons. The molecule has 0 aliphatic carbocycles. The lowest BCUT2D eigenvalue weighted by Crippen LogP contribution is -1.91. The zero-order valence-corrected chi connectivity index (χ0v) is 30.1. The molecule has 5 heteroatoms. The molecule has 5 aromatic heterocycles. The smallest absolute Gasteiger partial charge is 0.0972 e. The fourth-order valence-corrected chi connectivity index (χ4v) is 7.62. The molecule has 260 valence electrons. The molecular weight excluding hydrogens is 683 g/mol. The fraction of sp³-hybridized carbons (Fsp3) is 0. The van der Waals surface area contributed by atoms with Gasteiger partial charge in [-0.1, -0.05) is 140 Å². The van der Waals surface area contributed by atoms with Crippen LogP contribution in [0.3, 0.4) is 0 Å². The standard InChI is InChI=1S/C51H31N5/c1-2-6-33(7-3-1)43-26-23-38-16-17-39-24-27-44(56-51(39)50(38)55-43)35-12-10-32(11-13-35)40-18-14-36-20-25-45(53-48(36)30-40)41-19-15-37-22-29-47(54-49(37)31-41)46-28-21-34-8-4-5-9-42(34)52-46/h1-31H. The van der Waals surface area contributed by atoms with Crippen molar-refractivity contribution in [3.63, 3.8) is 0 Å². The number of fused-ring (bicyclic) bond motifs is 6. The summed E-state index contributed by atoms with van der Waals surface area (Å²) < 4.78 is 0. The van der Waals surface area contributed by atoms with E-state index in [4.69, 9.17) is 24.9 Å². The number of hydrogen-bond acceptors (Lipinski definition) is 5. The lowest BCUT2D eigenvalue weighted by atomic mass is 10.00. The highest BCUT2D eigenvalue weighted by molar-refractivity contribution is 6.04. The van der Waals surface area contributed by atoms with E-state index in [0.29, 0.717) is 0 Å². The van der Waals surface area contributed by atoms with E-state index in [1.54, 1.807) is 0 Å². The summed E-state index contributed by atoms with van der Waals surface area (Å²) in [5.74, 6) is 0. The highest BCUT2D eigenvalue weighted by Gasteiger charge is 2.11. The van der Waals surface area contributed by atoms with Gasteiger partial charge in [0.2, 0.25) is 0 Å². The van der Waals surface area contributed by atoms with Crippen LogP contribution in [0.2, 0.25) is 0 Å². The maximum atomic E-state index is 5.16. The van der Waals surface area contributed by atoms with Crippen molar-refractivity contribution in [1.82, 2.24) is 24.9 Å². The summed E-state index contributed by atoms with van der Waals surface area (Å²) in [6.45, 7) is 0. The van der Waals surface area contributed by atoms with Crippen LogP contribution in [0.5, 0.6) is 0 Å². The molecule has 0 saturated carbocycles. The number of aromatic nitrogens is 5. The highest BCUT2D eigenvalue weighted by Crippen LogP contribution is 2.32. The van der Waals surface area contributed by atoms with Gasteiger partial charge in [0.05, 0.1) is 56.1 Å². The maximum absolute atomic E-state index is 5.16. The Morgan fingerprint density at radius 3 is 1.27 bits per heavy atom. The Morgan fingerprint density at radius 2 is 0.607 bits per heavy atom. The van der Waals surface area contributed by atoms with Gasteiger partial charge in [-0.25, -0.2) is 24.9 Å². The molecule has 56 heavy (non-hydrogen) atoms. The first-order valence-electron chi connectivity index (χ1n) is 18.7. The molecule has 0 unspecified atom stereocenters. The maximum Gasteiger partial charge on any atom is 0.0972 e. The van der Waals surface area contributed by atoms with Crippen molar-refractivity contribution in [1.29, 1.82) is 0 Å². The molecule has 0 saturated heterocycles. The van der Waals surface area contributed by atoms with Crippen molar-refractivity contribution < 1.29 is 0 Å². The van der Waals surface area contributed by atoms with E-state index in [-0.39, 0.29) is 0 Å². The van der Waals surface area contributed by atoms with Gasteiger partial charge in [0.1, 0.15) is 0 Å². The molecular formula is C51H31N5. The van der Waals surface area contributed by atoms with Crippen LogP contribution >= 0.6 is 0 Å². The van der Waals surface area contributed by atoms with Gasteiger partial charge >= 0.3 is 0 Å². The SMILES string of the molecule is c1ccc(-c2ccc3ccc4ccc(-c5ccc(-c6ccc7ccc(-c8ccc9ccc(-c%10ccc%11ccccc%11n%10)nc9c8)nc7c6)cc5)nc4c3n2)cc1. The summed E-state index contributed by atoms with van der Waals surface area (Å²) >= 11 is 0. The third-order valence-corrected chi connectivity index (χ3v) is 10.6. The molecule has 0 bridgehead atoms. The average Bonchev–Trinajstić information content (AvgIpc) is 3.28. The van der Waals surface area contributed by atoms with Crippen LogP contribution in [0.25, 0.3) is 111 Å². The van der Waals surface area contributed by atoms with Gasteiger partial charge in [0.15, 0.2) is 0 Å². The average molecular weight is 714 g/mol. The van der Waals surface area contributed by atoms with E-state index in [9.17, 15) is 0 Å². The van der Waals surface area contributed by atoms with Crippen LogP contribution in [0.1, 0.15) is 0 Å². The zero-order chi connectivity index (χ0) is 37.0. The summed E-state index contributed by atoms with van der Waals surface area (Å²) in [6.07, 6.45) is 0. The molecule has 0 atom stereocenters. The summed E-state index contributed by atoms with van der Waals surface area (Å²) in [6, 6.07) is 65.1.